The number of benzene rings is 1. The molecular formula is C20H23N3O2. The highest BCUT2D eigenvalue weighted by molar-refractivity contribution is 5.97. The number of fused-ring (bicyclic) bond motifs is 1. The van der Waals surface area contributed by atoms with E-state index in [1.54, 1.807) is 6.20 Å². The van der Waals surface area contributed by atoms with Gasteiger partial charge >= 0.3 is 0 Å². The maximum Gasteiger partial charge on any atom is 0.219 e. The van der Waals surface area contributed by atoms with Crippen LogP contribution >= 0.6 is 0 Å². The fraction of sp³-hybridized carbons (Fsp3) is 0.400. The molecule has 130 valence electrons. The molecule has 1 aromatic heterocycles. The van der Waals surface area contributed by atoms with Crippen molar-refractivity contribution in [2.24, 2.45) is 10.9 Å². The predicted octanol–water partition coefficient (Wildman–Crippen LogP) is 3.89. The van der Waals surface area contributed by atoms with Crippen molar-refractivity contribution in [1.82, 2.24) is 10.5 Å². The Morgan fingerprint density at radius 1 is 1.20 bits per heavy atom. The van der Waals surface area contributed by atoms with Gasteiger partial charge in [-0.3, -0.25) is 15.7 Å². The van der Waals surface area contributed by atoms with Crippen molar-refractivity contribution in [2.75, 3.05) is 6.54 Å². The molecule has 2 aromatic rings. The molecule has 1 saturated carbocycles. The summed E-state index contributed by atoms with van der Waals surface area (Å²) in [6, 6.07) is 9.94. The van der Waals surface area contributed by atoms with Gasteiger partial charge in [0, 0.05) is 24.4 Å². The van der Waals surface area contributed by atoms with Gasteiger partial charge < -0.3 is 4.74 Å². The Labute approximate surface area is 147 Å². The number of nitrogens with one attached hydrogen (secondary N) is 1. The highest BCUT2D eigenvalue weighted by Gasteiger charge is 2.21. The number of aliphatic imine (C=N–C) groups is 1. The standard InChI is InChI=1S/C20H23N3O2/c24-23-20(22-12-14-8-9-14)16-10-11-19(21-13-16)25-18-7-3-5-15-4-1-2-6-17(15)18/h3,5,7,10-11,13-14,24H,1-2,4,6,8-9,12H2,(H,22,23). The summed E-state index contributed by atoms with van der Waals surface area (Å²) in [7, 11) is 0. The molecule has 5 heteroatoms. The van der Waals surface area contributed by atoms with Crippen molar-refractivity contribution >= 4 is 5.84 Å². The number of ether oxygens (including phenoxy) is 1. The fourth-order valence-corrected chi connectivity index (χ4v) is 3.25. The topological polar surface area (TPSA) is 66.7 Å². The van der Waals surface area contributed by atoms with Crippen LogP contribution in [0.3, 0.4) is 0 Å². The molecule has 0 radical (unpaired) electrons. The van der Waals surface area contributed by atoms with E-state index in [1.807, 2.05) is 24.3 Å². The quantitative estimate of drug-likeness (QED) is 0.493. The van der Waals surface area contributed by atoms with Crippen LogP contribution in [-0.2, 0) is 12.8 Å². The molecule has 0 saturated heterocycles. The van der Waals surface area contributed by atoms with E-state index in [9.17, 15) is 5.21 Å². The Morgan fingerprint density at radius 3 is 2.84 bits per heavy atom. The van der Waals surface area contributed by atoms with Crippen LogP contribution in [0.4, 0.5) is 0 Å². The van der Waals surface area contributed by atoms with Gasteiger partial charge in [-0.05, 0) is 67.7 Å². The third-order valence-corrected chi connectivity index (χ3v) is 4.89. The van der Waals surface area contributed by atoms with Crippen LogP contribution in [-0.4, -0.2) is 22.6 Å². The Balaban J connectivity index is 1.50. The average Bonchev–Trinajstić information content (AvgIpc) is 3.48. The minimum atomic E-state index is 0.461. The summed E-state index contributed by atoms with van der Waals surface area (Å²) in [5.41, 5.74) is 5.63. The summed E-state index contributed by atoms with van der Waals surface area (Å²) < 4.78 is 6.02. The first kappa shape index (κ1) is 16.1. The molecule has 2 N–H and O–H groups in total. The van der Waals surface area contributed by atoms with E-state index in [-0.39, 0.29) is 0 Å². The summed E-state index contributed by atoms with van der Waals surface area (Å²) >= 11 is 0. The second-order valence-electron chi connectivity index (χ2n) is 6.83. The van der Waals surface area contributed by atoms with Crippen LogP contribution < -0.4 is 10.2 Å². The average molecular weight is 337 g/mol. The summed E-state index contributed by atoms with van der Waals surface area (Å²) in [6.45, 7) is 0.747. The molecule has 1 heterocycles. The van der Waals surface area contributed by atoms with Crippen molar-refractivity contribution in [3.8, 4) is 11.6 Å². The SMILES string of the molecule is ONC(=NCC1CC1)c1ccc(Oc2cccc3c2CCCC3)nc1. The Morgan fingerprint density at radius 2 is 2.08 bits per heavy atom. The van der Waals surface area contributed by atoms with Crippen molar-refractivity contribution in [2.45, 2.75) is 38.5 Å². The normalized spacial score (nSPS) is 17.1. The van der Waals surface area contributed by atoms with E-state index < -0.39 is 0 Å². The van der Waals surface area contributed by atoms with E-state index in [1.165, 1.54) is 36.8 Å². The lowest BCUT2D eigenvalue weighted by molar-refractivity contribution is 0.234. The van der Waals surface area contributed by atoms with E-state index in [4.69, 9.17) is 4.74 Å². The molecule has 2 aliphatic carbocycles. The molecule has 0 spiro atoms. The molecule has 0 unspecified atom stereocenters. The van der Waals surface area contributed by atoms with Gasteiger partial charge in [-0.25, -0.2) is 4.98 Å². The summed E-state index contributed by atoms with van der Waals surface area (Å²) in [5.74, 6) is 2.59. The molecular weight excluding hydrogens is 314 g/mol. The van der Waals surface area contributed by atoms with Crippen LogP contribution in [0.25, 0.3) is 0 Å². The van der Waals surface area contributed by atoms with Gasteiger partial charge in [0.2, 0.25) is 5.88 Å². The van der Waals surface area contributed by atoms with Crippen molar-refractivity contribution in [3.05, 3.63) is 53.2 Å². The molecule has 2 aliphatic rings. The zero-order valence-electron chi connectivity index (χ0n) is 14.2. The first-order valence-electron chi connectivity index (χ1n) is 9.03. The number of hydrogen-bond acceptors (Lipinski definition) is 4. The van der Waals surface area contributed by atoms with E-state index in [0.29, 0.717) is 17.6 Å². The van der Waals surface area contributed by atoms with Crippen LogP contribution in [0.1, 0.15) is 42.4 Å². The number of rotatable bonds is 5. The lowest BCUT2D eigenvalue weighted by atomic mass is 9.91. The molecule has 0 amide bonds. The highest BCUT2D eigenvalue weighted by Crippen LogP contribution is 2.32. The smallest absolute Gasteiger partial charge is 0.219 e. The highest BCUT2D eigenvalue weighted by atomic mass is 16.5. The van der Waals surface area contributed by atoms with Crippen LogP contribution in [0, 0.1) is 5.92 Å². The van der Waals surface area contributed by atoms with Crippen LogP contribution in [0.15, 0.2) is 41.5 Å². The monoisotopic (exact) mass is 337 g/mol. The maximum atomic E-state index is 9.31. The zero-order valence-corrected chi connectivity index (χ0v) is 14.2. The second kappa shape index (κ2) is 7.23. The lowest BCUT2D eigenvalue weighted by Crippen LogP contribution is -2.21. The van der Waals surface area contributed by atoms with Gasteiger partial charge in [0.1, 0.15) is 5.75 Å². The number of aromatic nitrogens is 1. The molecule has 4 rings (SSSR count). The summed E-state index contributed by atoms with van der Waals surface area (Å²) in [6.07, 6.45) is 8.80. The van der Waals surface area contributed by atoms with Crippen molar-refractivity contribution < 1.29 is 9.94 Å². The fourth-order valence-electron chi connectivity index (χ4n) is 3.25. The van der Waals surface area contributed by atoms with Crippen LogP contribution in [0.5, 0.6) is 11.6 Å². The minimum Gasteiger partial charge on any atom is -0.439 e. The Hall–Kier alpha value is -2.40. The first-order chi connectivity index (χ1) is 12.3. The first-order valence-corrected chi connectivity index (χ1v) is 9.03. The van der Waals surface area contributed by atoms with Gasteiger partial charge in [-0.2, -0.15) is 0 Å². The summed E-state index contributed by atoms with van der Waals surface area (Å²) in [4.78, 5) is 8.80. The number of amidine groups is 1. The number of pyridine rings is 1. The molecule has 0 bridgehead atoms. The molecule has 25 heavy (non-hydrogen) atoms. The van der Waals surface area contributed by atoms with E-state index in [0.717, 1.165) is 30.7 Å². The predicted molar refractivity (Wildman–Crippen MR) is 96.4 cm³/mol. The number of nitrogens with zero attached hydrogens (tertiary/aromatic N) is 2. The third kappa shape index (κ3) is 3.82. The summed E-state index contributed by atoms with van der Waals surface area (Å²) in [5, 5.41) is 9.31. The minimum absolute atomic E-state index is 0.461. The third-order valence-electron chi connectivity index (χ3n) is 4.89. The molecule has 1 fully saturated rings. The zero-order chi connectivity index (χ0) is 17.1. The molecule has 1 aromatic carbocycles. The van der Waals surface area contributed by atoms with Gasteiger partial charge in [0.25, 0.3) is 0 Å². The van der Waals surface area contributed by atoms with Crippen molar-refractivity contribution in [3.63, 3.8) is 0 Å². The number of hydroxylamine groups is 1. The van der Waals surface area contributed by atoms with Gasteiger partial charge in [0.05, 0.1) is 0 Å². The second-order valence-corrected chi connectivity index (χ2v) is 6.83. The molecule has 0 atom stereocenters. The Bertz CT molecular complexity index is 767. The van der Waals surface area contributed by atoms with Gasteiger partial charge in [-0.1, -0.05) is 12.1 Å². The van der Waals surface area contributed by atoms with E-state index >= 15 is 0 Å². The molecule has 5 nitrogen and oxygen atoms in total. The number of hydrogen-bond donors (Lipinski definition) is 2. The molecule has 0 aliphatic heterocycles. The van der Waals surface area contributed by atoms with Gasteiger partial charge in [0.15, 0.2) is 5.84 Å². The number of aryl methyl sites for hydroxylation is 1. The Kier molecular flexibility index (Phi) is 4.65. The van der Waals surface area contributed by atoms with E-state index in [2.05, 4.69) is 21.5 Å². The largest absolute Gasteiger partial charge is 0.439 e. The maximum absolute atomic E-state index is 9.31. The lowest BCUT2D eigenvalue weighted by Gasteiger charge is -2.19. The van der Waals surface area contributed by atoms with Gasteiger partial charge in [-0.15, -0.1) is 0 Å². The van der Waals surface area contributed by atoms with Crippen molar-refractivity contribution in [1.29, 1.82) is 0 Å². The van der Waals surface area contributed by atoms with Crippen LogP contribution in [0.2, 0.25) is 0 Å².